The molecule has 2 aromatic rings. The lowest BCUT2D eigenvalue weighted by atomic mass is 10.1. The summed E-state index contributed by atoms with van der Waals surface area (Å²) >= 11 is 0. The Morgan fingerprint density at radius 2 is 2.00 bits per heavy atom. The summed E-state index contributed by atoms with van der Waals surface area (Å²) in [7, 11) is 0. The fourth-order valence-electron chi connectivity index (χ4n) is 2.46. The number of hydrogen-bond acceptors (Lipinski definition) is 3. The smallest absolute Gasteiger partial charge is 0.137 e. The lowest BCUT2D eigenvalue weighted by Gasteiger charge is -2.25. The Hall–Kier alpha value is -1.87. The van der Waals surface area contributed by atoms with Crippen LogP contribution in [0.25, 0.3) is 0 Å². The van der Waals surface area contributed by atoms with Crippen LogP contribution >= 0.6 is 0 Å². The number of hydrogen-bond donors (Lipinski definition) is 1. The van der Waals surface area contributed by atoms with Crippen molar-refractivity contribution in [2.45, 2.75) is 33.7 Å². The lowest BCUT2D eigenvalue weighted by molar-refractivity contribution is 0.673. The Morgan fingerprint density at radius 1 is 1.14 bits per heavy atom. The summed E-state index contributed by atoms with van der Waals surface area (Å²) in [6, 6.07) is 12.8. The van der Waals surface area contributed by atoms with E-state index in [0.29, 0.717) is 0 Å². The fraction of sp³-hybridized carbons (Fsp3) is 0.389. The quantitative estimate of drug-likeness (QED) is 0.777. The summed E-state index contributed by atoms with van der Waals surface area (Å²) < 4.78 is 0. The number of nitrogens with zero attached hydrogens (tertiary/aromatic N) is 2. The van der Waals surface area contributed by atoms with Crippen molar-refractivity contribution in [3.05, 3.63) is 53.7 Å². The zero-order chi connectivity index (χ0) is 15.1. The molecule has 1 heterocycles. The highest BCUT2D eigenvalue weighted by Crippen LogP contribution is 2.26. The van der Waals surface area contributed by atoms with Gasteiger partial charge < -0.3 is 10.2 Å². The molecule has 0 saturated heterocycles. The predicted octanol–water partition coefficient (Wildman–Crippen LogP) is 4.05. The SMILES string of the molecule is CCCNCc1cccnc1N(CC)c1cccc(C)c1. The van der Waals surface area contributed by atoms with Gasteiger partial charge in [0.05, 0.1) is 0 Å². The molecule has 0 fully saturated rings. The average Bonchev–Trinajstić information content (AvgIpc) is 2.50. The lowest BCUT2D eigenvalue weighted by Crippen LogP contribution is -2.22. The van der Waals surface area contributed by atoms with E-state index in [4.69, 9.17) is 0 Å². The molecule has 1 aromatic carbocycles. The monoisotopic (exact) mass is 283 g/mol. The van der Waals surface area contributed by atoms with Crippen LogP contribution in [0.2, 0.25) is 0 Å². The maximum atomic E-state index is 4.62. The van der Waals surface area contributed by atoms with Gasteiger partial charge in [-0.2, -0.15) is 0 Å². The molecule has 0 spiro atoms. The van der Waals surface area contributed by atoms with E-state index in [1.54, 1.807) is 0 Å². The molecule has 3 nitrogen and oxygen atoms in total. The molecule has 21 heavy (non-hydrogen) atoms. The van der Waals surface area contributed by atoms with Crippen LogP contribution in [0.5, 0.6) is 0 Å². The van der Waals surface area contributed by atoms with Crippen molar-refractivity contribution in [1.82, 2.24) is 10.3 Å². The Balaban J connectivity index is 2.29. The largest absolute Gasteiger partial charge is 0.326 e. The molecule has 0 radical (unpaired) electrons. The molecule has 0 atom stereocenters. The van der Waals surface area contributed by atoms with Crippen LogP contribution in [0.1, 0.15) is 31.4 Å². The zero-order valence-electron chi connectivity index (χ0n) is 13.3. The number of benzene rings is 1. The third kappa shape index (κ3) is 4.05. The molecule has 0 bridgehead atoms. The van der Waals surface area contributed by atoms with E-state index in [1.807, 2.05) is 12.3 Å². The molecule has 0 aliphatic heterocycles. The van der Waals surface area contributed by atoms with Gasteiger partial charge in [0.2, 0.25) is 0 Å². The Morgan fingerprint density at radius 3 is 2.71 bits per heavy atom. The normalized spacial score (nSPS) is 10.6. The molecule has 112 valence electrons. The number of aromatic nitrogens is 1. The molecule has 2 rings (SSSR count). The number of nitrogens with one attached hydrogen (secondary N) is 1. The van der Waals surface area contributed by atoms with E-state index in [1.165, 1.54) is 16.8 Å². The Bertz CT molecular complexity index is 566. The minimum atomic E-state index is 0.860. The van der Waals surface area contributed by atoms with Crippen LogP contribution in [0, 0.1) is 6.92 Å². The van der Waals surface area contributed by atoms with Crippen LogP contribution < -0.4 is 10.2 Å². The van der Waals surface area contributed by atoms with E-state index in [2.05, 4.69) is 66.3 Å². The molecule has 0 aliphatic carbocycles. The molecule has 1 aromatic heterocycles. The predicted molar refractivity (Wildman–Crippen MR) is 90.1 cm³/mol. The van der Waals surface area contributed by atoms with Gasteiger partial charge in [0.15, 0.2) is 0 Å². The van der Waals surface area contributed by atoms with Gasteiger partial charge in [-0.1, -0.05) is 25.1 Å². The maximum Gasteiger partial charge on any atom is 0.137 e. The van der Waals surface area contributed by atoms with Gasteiger partial charge in [0.25, 0.3) is 0 Å². The van der Waals surface area contributed by atoms with Crippen molar-refractivity contribution < 1.29 is 0 Å². The topological polar surface area (TPSA) is 28.2 Å². The molecule has 0 saturated carbocycles. The van der Waals surface area contributed by atoms with Crippen molar-refractivity contribution in [2.75, 3.05) is 18.0 Å². The van der Waals surface area contributed by atoms with Crippen LogP contribution in [0.15, 0.2) is 42.6 Å². The maximum absolute atomic E-state index is 4.62. The summed E-state index contributed by atoms with van der Waals surface area (Å²) in [5.41, 5.74) is 3.72. The van der Waals surface area contributed by atoms with Crippen molar-refractivity contribution in [3.8, 4) is 0 Å². The molecule has 0 aliphatic rings. The zero-order valence-corrected chi connectivity index (χ0v) is 13.3. The second-order valence-electron chi connectivity index (χ2n) is 5.25. The Labute approximate surface area is 128 Å². The summed E-state index contributed by atoms with van der Waals surface area (Å²) in [5, 5.41) is 3.47. The van der Waals surface area contributed by atoms with Gasteiger partial charge in [0, 0.05) is 30.5 Å². The minimum absolute atomic E-state index is 0.860. The van der Waals surface area contributed by atoms with E-state index < -0.39 is 0 Å². The molecule has 0 unspecified atom stereocenters. The first kappa shape index (κ1) is 15.5. The first-order valence-corrected chi connectivity index (χ1v) is 7.75. The van der Waals surface area contributed by atoms with Gasteiger partial charge in [-0.3, -0.25) is 0 Å². The van der Waals surface area contributed by atoms with Gasteiger partial charge >= 0.3 is 0 Å². The number of pyridine rings is 1. The second kappa shape index (κ2) is 7.79. The molecule has 3 heteroatoms. The second-order valence-corrected chi connectivity index (χ2v) is 5.25. The van der Waals surface area contributed by atoms with Crippen LogP contribution in [-0.4, -0.2) is 18.1 Å². The fourth-order valence-corrected chi connectivity index (χ4v) is 2.46. The molecule has 0 amide bonds. The first-order valence-electron chi connectivity index (χ1n) is 7.75. The van der Waals surface area contributed by atoms with Crippen molar-refractivity contribution in [1.29, 1.82) is 0 Å². The summed E-state index contributed by atoms with van der Waals surface area (Å²) in [6.45, 7) is 9.27. The summed E-state index contributed by atoms with van der Waals surface area (Å²) in [5.74, 6) is 1.05. The third-order valence-electron chi connectivity index (χ3n) is 3.49. The highest BCUT2D eigenvalue weighted by Gasteiger charge is 2.12. The minimum Gasteiger partial charge on any atom is -0.326 e. The highest BCUT2D eigenvalue weighted by atomic mass is 15.2. The Kier molecular flexibility index (Phi) is 5.76. The number of aryl methyl sites for hydroxylation is 1. The van der Waals surface area contributed by atoms with Crippen molar-refractivity contribution in [2.24, 2.45) is 0 Å². The molecular formula is C18H25N3. The van der Waals surface area contributed by atoms with E-state index in [-0.39, 0.29) is 0 Å². The summed E-state index contributed by atoms with van der Waals surface area (Å²) in [4.78, 5) is 6.89. The van der Waals surface area contributed by atoms with Crippen LogP contribution in [0.4, 0.5) is 11.5 Å². The number of rotatable bonds is 7. The third-order valence-corrected chi connectivity index (χ3v) is 3.49. The molecule has 1 N–H and O–H groups in total. The summed E-state index contributed by atoms with van der Waals surface area (Å²) in [6.07, 6.45) is 3.02. The van der Waals surface area contributed by atoms with E-state index in [9.17, 15) is 0 Å². The first-order chi connectivity index (χ1) is 10.3. The van der Waals surface area contributed by atoms with Crippen LogP contribution in [-0.2, 0) is 6.54 Å². The van der Waals surface area contributed by atoms with Gasteiger partial charge in [0.1, 0.15) is 5.82 Å². The number of anilines is 2. The van der Waals surface area contributed by atoms with Crippen molar-refractivity contribution >= 4 is 11.5 Å². The van der Waals surface area contributed by atoms with Gasteiger partial charge in [-0.25, -0.2) is 4.98 Å². The van der Waals surface area contributed by atoms with E-state index >= 15 is 0 Å². The highest BCUT2D eigenvalue weighted by molar-refractivity contribution is 5.63. The standard InChI is InChI=1S/C18H25N3/c1-4-11-19-14-16-9-7-12-20-18(16)21(5-2)17-10-6-8-15(3)13-17/h6-10,12-13,19H,4-5,11,14H2,1-3H3. The van der Waals surface area contributed by atoms with Gasteiger partial charge in [-0.15, -0.1) is 0 Å². The van der Waals surface area contributed by atoms with Crippen molar-refractivity contribution in [3.63, 3.8) is 0 Å². The van der Waals surface area contributed by atoms with E-state index in [0.717, 1.165) is 31.9 Å². The average molecular weight is 283 g/mol. The molecular weight excluding hydrogens is 258 g/mol. The van der Waals surface area contributed by atoms with Crippen LogP contribution in [0.3, 0.4) is 0 Å². The van der Waals surface area contributed by atoms with Gasteiger partial charge in [-0.05, 0) is 50.6 Å².